The highest BCUT2D eigenvalue weighted by Crippen LogP contribution is 2.15. The number of anilines is 1. The number of amides is 4. The molecule has 2 aromatic carbocycles. The number of nitrogens with one attached hydrogen (secondary N) is 3. The monoisotopic (exact) mass is 440 g/mol. The summed E-state index contributed by atoms with van der Waals surface area (Å²) < 4.78 is 13.0. The number of likely N-dealkylation sites (tertiary alicyclic amines) is 1. The third kappa shape index (κ3) is 6.80. The van der Waals surface area contributed by atoms with Gasteiger partial charge in [-0.05, 0) is 49.6 Å². The molecule has 7 nitrogen and oxygen atoms in total. The standard InChI is InChI=1S/C24H29FN4O3/c1-16-4-3-5-18(14-16)15-22(26-17(2)30)23(31)27-21-10-12-29(13-11-21)24(32)28-20-8-6-19(25)7-9-20/h3-9,14,21-22H,10-13,15H2,1-2H3,(H,26,30)(H,27,31)(H,28,32)/t22-/m1/s1. The number of carbonyl (C=O) groups is 3. The molecule has 0 spiro atoms. The Bertz CT molecular complexity index is 956. The summed E-state index contributed by atoms with van der Waals surface area (Å²) in [7, 11) is 0. The second kappa shape index (κ2) is 10.7. The summed E-state index contributed by atoms with van der Waals surface area (Å²) in [4.78, 5) is 38.6. The molecule has 170 valence electrons. The van der Waals surface area contributed by atoms with Crippen LogP contribution in [0.25, 0.3) is 0 Å². The van der Waals surface area contributed by atoms with Gasteiger partial charge in [-0.3, -0.25) is 9.59 Å². The van der Waals surface area contributed by atoms with Gasteiger partial charge in [-0.2, -0.15) is 0 Å². The van der Waals surface area contributed by atoms with Crippen LogP contribution in [0.15, 0.2) is 48.5 Å². The topological polar surface area (TPSA) is 90.5 Å². The molecule has 1 atom stereocenters. The van der Waals surface area contributed by atoms with Crippen molar-refractivity contribution in [2.24, 2.45) is 0 Å². The van der Waals surface area contributed by atoms with Crippen molar-refractivity contribution in [1.29, 1.82) is 0 Å². The number of halogens is 1. The van der Waals surface area contributed by atoms with E-state index in [4.69, 9.17) is 0 Å². The van der Waals surface area contributed by atoms with Gasteiger partial charge in [-0.1, -0.05) is 29.8 Å². The van der Waals surface area contributed by atoms with Gasteiger partial charge in [0.15, 0.2) is 0 Å². The van der Waals surface area contributed by atoms with Gasteiger partial charge in [-0.25, -0.2) is 9.18 Å². The number of carbonyl (C=O) groups excluding carboxylic acids is 3. The number of urea groups is 1. The van der Waals surface area contributed by atoms with Gasteiger partial charge in [0, 0.05) is 38.2 Å². The van der Waals surface area contributed by atoms with Crippen molar-refractivity contribution in [1.82, 2.24) is 15.5 Å². The highest BCUT2D eigenvalue weighted by atomic mass is 19.1. The minimum atomic E-state index is -0.658. The van der Waals surface area contributed by atoms with Crippen molar-refractivity contribution in [3.05, 3.63) is 65.5 Å². The smallest absolute Gasteiger partial charge is 0.321 e. The van der Waals surface area contributed by atoms with Crippen LogP contribution in [0.4, 0.5) is 14.9 Å². The van der Waals surface area contributed by atoms with Gasteiger partial charge in [0.1, 0.15) is 11.9 Å². The summed E-state index contributed by atoms with van der Waals surface area (Å²) in [6, 6.07) is 12.5. The van der Waals surface area contributed by atoms with Gasteiger partial charge in [0.2, 0.25) is 11.8 Å². The van der Waals surface area contributed by atoms with Crippen LogP contribution in [0.3, 0.4) is 0 Å². The Kier molecular flexibility index (Phi) is 7.81. The molecule has 0 bridgehead atoms. The highest BCUT2D eigenvalue weighted by Gasteiger charge is 2.27. The average molecular weight is 441 g/mol. The van der Waals surface area contributed by atoms with Crippen LogP contribution in [0.1, 0.15) is 30.9 Å². The molecule has 0 radical (unpaired) electrons. The fraction of sp³-hybridized carbons (Fsp3) is 0.375. The molecule has 3 rings (SSSR count). The maximum atomic E-state index is 13.0. The lowest BCUT2D eigenvalue weighted by molar-refractivity contribution is -0.128. The molecule has 0 unspecified atom stereocenters. The van der Waals surface area contributed by atoms with Crippen molar-refractivity contribution < 1.29 is 18.8 Å². The molecule has 8 heteroatoms. The summed E-state index contributed by atoms with van der Waals surface area (Å²) in [6.07, 6.45) is 1.63. The van der Waals surface area contributed by atoms with Crippen LogP contribution in [-0.4, -0.2) is 47.9 Å². The van der Waals surface area contributed by atoms with E-state index in [0.29, 0.717) is 38.0 Å². The first kappa shape index (κ1) is 23.2. The fourth-order valence-electron chi connectivity index (χ4n) is 3.79. The van der Waals surface area contributed by atoms with Crippen LogP contribution >= 0.6 is 0 Å². The Morgan fingerprint density at radius 3 is 2.41 bits per heavy atom. The number of aryl methyl sites for hydroxylation is 1. The van der Waals surface area contributed by atoms with Crippen LogP contribution in [0.5, 0.6) is 0 Å². The lowest BCUT2D eigenvalue weighted by atomic mass is 10.0. The summed E-state index contributed by atoms with van der Waals surface area (Å²) >= 11 is 0. The van der Waals surface area contributed by atoms with Gasteiger partial charge < -0.3 is 20.9 Å². The molecule has 1 fully saturated rings. The predicted molar refractivity (Wildman–Crippen MR) is 121 cm³/mol. The molecule has 0 aliphatic carbocycles. The maximum absolute atomic E-state index is 13.0. The summed E-state index contributed by atoms with van der Waals surface area (Å²) in [5.41, 5.74) is 2.60. The molecule has 4 amide bonds. The number of rotatable bonds is 6. The molecular formula is C24H29FN4O3. The zero-order valence-corrected chi connectivity index (χ0v) is 18.4. The maximum Gasteiger partial charge on any atom is 0.321 e. The highest BCUT2D eigenvalue weighted by molar-refractivity contribution is 5.89. The molecule has 32 heavy (non-hydrogen) atoms. The SMILES string of the molecule is CC(=O)N[C@H](Cc1cccc(C)c1)C(=O)NC1CCN(C(=O)Nc2ccc(F)cc2)CC1. The van der Waals surface area contributed by atoms with Crippen LogP contribution in [0.2, 0.25) is 0 Å². The van der Waals surface area contributed by atoms with Crippen LogP contribution < -0.4 is 16.0 Å². The molecule has 1 saturated heterocycles. The van der Waals surface area contributed by atoms with Gasteiger partial charge in [0.25, 0.3) is 0 Å². The summed E-state index contributed by atoms with van der Waals surface area (Å²) in [5, 5.41) is 8.52. The van der Waals surface area contributed by atoms with Gasteiger partial charge in [0.05, 0.1) is 0 Å². The number of piperidine rings is 1. The van der Waals surface area contributed by atoms with Crippen LogP contribution in [0, 0.1) is 12.7 Å². The van der Waals surface area contributed by atoms with E-state index < -0.39 is 6.04 Å². The zero-order valence-electron chi connectivity index (χ0n) is 18.4. The van der Waals surface area contributed by atoms with Crippen molar-refractivity contribution in [3.8, 4) is 0 Å². The molecule has 1 aliphatic rings. The molecule has 0 saturated carbocycles. The molecular weight excluding hydrogens is 411 g/mol. The van der Waals surface area contributed by atoms with E-state index in [1.165, 1.54) is 31.2 Å². The van der Waals surface area contributed by atoms with Crippen molar-refractivity contribution in [2.75, 3.05) is 18.4 Å². The van der Waals surface area contributed by atoms with E-state index in [9.17, 15) is 18.8 Å². The molecule has 3 N–H and O–H groups in total. The average Bonchev–Trinajstić information content (AvgIpc) is 2.75. The predicted octanol–water partition coefficient (Wildman–Crippen LogP) is 2.99. The fourth-order valence-corrected chi connectivity index (χ4v) is 3.79. The summed E-state index contributed by atoms with van der Waals surface area (Å²) in [5.74, 6) is -0.847. The molecule has 1 heterocycles. The zero-order chi connectivity index (χ0) is 23.1. The quantitative estimate of drug-likeness (QED) is 0.645. The number of hydrogen-bond acceptors (Lipinski definition) is 3. The van der Waals surface area contributed by atoms with E-state index in [0.717, 1.165) is 11.1 Å². The Morgan fingerprint density at radius 1 is 1.09 bits per heavy atom. The Labute approximate surface area is 187 Å². The Morgan fingerprint density at radius 2 is 1.78 bits per heavy atom. The van der Waals surface area contributed by atoms with Gasteiger partial charge in [-0.15, -0.1) is 0 Å². The van der Waals surface area contributed by atoms with E-state index in [-0.39, 0.29) is 29.7 Å². The second-order valence-electron chi connectivity index (χ2n) is 8.15. The molecule has 1 aliphatic heterocycles. The molecule has 0 aromatic heterocycles. The van der Waals surface area contributed by atoms with E-state index in [2.05, 4.69) is 16.0 Å². The third-order valence-corrected chi connectivity index (χ3v) is 5.44. The second-order valence-corrected chi connectivity index (χ2v) is 8.15. The lowest BCUT2D eigenvalue weighted by Crippen LogP contribution is -2.53. The first-order chi connectivity index (χ1) is 15.3. The lowest BCUT2D eigenvalue weighted by Gasteiger charge is -2.33. The van der Waals surface area contributed by atoms with E-state index in [1.54, 1.807) is 4.90 Å². The minimum Gasteiger partial charge on any atom is -0.351 e. The first-order valence-corrected chi connectivity index (χ1v) is 10.7. The van der Waals surface area contributed by atoms with Crippen LogP contribution in [-0.2, 0) is 16.0 Å². The van der Waals surface area contributed by atoms with E-state index >= 15 is 0 Å². The normalized spacial score (nSPS) is 15.0. The Hall–Kier alpha value is -3.42. The minimum absolute atomic E-state index is 0.0776. The van der Waals surface area contributed by atoms with E-state index in [1.807, 2.05) is 31.2 Å². The number of hydrogen-bond donors (Lipinski definition) is 3. The number of benzene rings is 2. The van der Waals surface area contributed by atoms with Crippen molar-refractivity contribution >= 4 is 23.5 Å². The van der Waals surface area contributed by atoms with Crippen molar-refractivity contribution in [3.63, 3.8) is 0 Å². The van der Waals surface area contributed by atoms with Gasteiger partial charge >= 0.3 is 6.03 Å². The summed E-state index contributed by atoms with van der Waals surface area (Å²) in [6.45, 7) is 4.35. The third-order valence-electron chi connectivity index (χ3n) is 5.44. The van der Waals surface area contributed by atoms with Crippen molar-refractivity contribution in [2.45, 2.75) is 45.2 Å². The largest absolute Gasteiger partial charge is 0.351 e. The molecule has 2 aromatic rings. The number of nitrogens with zero attached hydrogens (tertiary/aromatic N) is 1. The first-order valence-electron chi connectivity index (χ1n) is 10.7. The Balaban J connectivity index is 1.51.